The van der Waals surface area contributed by atoms with Crippen LogP contribution in [-0.2, 0) is 4.79 Å². The van der Waals surface area contributed by atoms with E-state index in [1.165, 1.54) is 24.6 Å². The number of aromatic nitrogens is 2. The molecule has 0 bridgehead atoms. The largest absolute Gasteiger partial charge is 0.342 e. The van der Waals surface area contributed by atoms with Gasteiger partial charge in [0, 0.05) is 13.1 Å². The van der Waals surface area contributed by atoms with E-state index in [1.807, 2.05) is 11.8 Å². The number of carbonyl (C=O) groups excluding carboxylic acids is 1. The molecule has 0 aromatic carbocycles. The lowest BCUT2D eigenvalue weighted by Crippen LogP contribution is -2.37. The van der Waals surface area contributed by atoms with E-state index in [0.29, 0.717) is 0 Å². The fraction of sp³-hybridized carbons (Fsp3) is 0.769. The highest BCUT2D eigenvalue weighted by atomic mass is 32.2. The first-order valence-corrected chi connectivity index (χ1v) is 9.80. The van der Waals surface area contributed by atoms with E-state index in [4.69, 9.17) is 0 Å². The molecule has 1 aliphatic rings. The molecule has 2 heterocycles. The van der Waals surface area contributed by atoms with E-state index >= 15 is 0 Å². The van der Waals surface area contributed by atoms with Gasteiger partial charge in [-0.25, -0.2) is 0 Å². The van der Waals surface area contributed by atoms with Crippen molar-refractivity contribution >= 4 is 40.8 Å². The molecule has 0 aliphatic carbocycles. The Labute approximate surface area is 133 Å². The molecule has 1 saturated heterocycles. The normalized spacial score (nSPS) is 17.8. The van der Waals surface area contributed by atoms with Crippen LogP contribution in [0.15, 0.2) is 8.68 Å². The summed E-state index contributed by atoms with van der Waals surface area (Å²) in [6.07, 6.45) is 4.77. The second-order valence-corrected chi connectivity index (χ2v) is 8.84. The number of hydrogen-bond donors (Lipinski definition) is 0. The minimum atomic E-state index is -0.0690. The van der Waals surface area contributed by atoms with Gasteiger partial charge in [-0.1, -0.05) is 54.6 Å². The molecule has 1 atom stereocenters. The second-order valence-electron chi connectivity index (χ2n) is 4.77. The van der Waals surface area contributed by atoms with Crippen molar-refractivity contribution in [2.45, 2.75) is 53.5 Å². The SMILES string of the molecule is CCSc1nnc(SC(C)C(=O)N2CCCCCC2)s1. The summed E-state index contributed by atoms with van der Waals surface area (Å²) in [4.78, 5) is 14.5. The quantitative estimate of drug-likeness (QED) is 0.772. The summed E-state index contributed by atoms with van der Waals surface area (Å²) in [7, 11) is 0. The summed E-state index contributed by atoms with van der Waals surface area (Å²) in [5.41, 5.74) is 0. The number of thioether (sulfide) groups is 2. The first-order valence-electron chi connectivity index (χ1n) is 7.12. The third-order valence-electron chi connectivity index (χ3n) is 3.20. The van der Waals surface area contributed by atoms with Crippen molar-refractivity contribution in [2.75, 3.05) is 18.8 Å². The van der Waals surface area contributed by atoms with Crippen LogP contribution < -0.4 is 0 Å². The predicted octanol–water partition coefficient (Wildman–Crippen LogP) is 3.53. The fourth-order valence-corrected chi connectivity index (χ4v) is 5.32. The molecule has 1 unspecified atom stereocenters. The zero-order valence-corrected chi connectivity index (χ0v) is 14.5. The molecule has 7 heteroatoms. The predicted molar refractivity (Wildman–Crippen MR) is 86.7 cm³/mol. The third kappa shape index (κ3) is 4.63. The molecule has 1 amide bonds. The Kier molecular flexibility index (Phi) is 6.64. The lowest BCUT2D eigenvalue weighted by atomic mass is 10.2. The first-order chi connectivity index (χ1) is 9.70. The average Bonchev–Trinajstić information content (AvgIpc) is 2.72. The minimum Gasteiger partial charge on any atom is -0.342 e. The molecule has 0 N–H and O–H groups in total. The van der Waals surface area contributed by atoms with E-state index in [1.54, 1.807) is 23.1 Å². The standard InChI is InChI=1S/C13H21N3OS3/c1-3-18-12-14-15-13(20-12)19-10(2)11(17)16-8-6-4-5-7-9-16/h10H,3-9H2,1-2H3. The van der Waals surface area contributed by atoms with Crippen LogP contribution in [0.2, 0.25) is 0 Å². The van der Waals surface area contributed by atoms with Gasteiger partial charge in [0.15, 0.2) is 8.68 Å². The molecular weight excluding hydrogens is 310 g/mol. The summed E-state index contributed by atoms with van der Waals surface area (Å²) in [5.74, 6) is 1.25. The van der Waals surface area contributed by atoms with E-state index in [0.717, 1.165) is 40.4 Å². The first kappa shape index (κ1) is 16.1. The van der Waals surface area contributed by atoms with Gasteiger partial charge in [-0.3, -0.25) is 4.79 Å². The van der Waals surface area contributed by atoms with Crippen molar-refractivity contribution in [2.24, 2.45) is 0 Å². The maximum atomic E-state index is 12.4. The Bertz CT molecular complexity index is 430. The number of likely N-dealkylation sites (tertiary alicyclic amines) is 1. The van der Waals surface area contributed by atoms with Crippen molar-refractivity contribution in [1.29, 1.82) is 0 Å². The van der Waals surface area contributed by atoms with Crippen LogP contribution in [0.3, 0.4) is 0 Å². The van der Waals surface area contributed by atoms with E-state index in [9.17, 15) is 4.79 Å². The van der Waals surface area contributed by atoms with Gasteiger partial charge in [0.05, 0.1) is 5.25 Å². The van der Waals surface area contributed by atoms with Crippen LogP contribution in [0.1, 0.15) is 39.5 Å². The molecule has 112 valence electrons. The molecule has 4 nitrogen and oxygen atoms in total. The van der Waals surface area contributed by atoms with Gasteiger partial charge in [-0.15, -0.1) is 10.2 Å². The van der Waals surface area contributed by atoms with Crippen LogP contribution in [0.5, 0.6) is 0 Å². The second kappa shape index (κ2) is 8.24. The zero-order valence-electron chi connectivity index (χ0n) is 12.0. The van der Waals surface area contributed by atoms with Crippen molar-refractivity contribution in [1.82, 2.24) is 15.1 Å². The van der Waals surface area contributed by atoms with Crippen molar-refractivity contribution in [3.05, 3.63) is 0 Å². The molecule has 20 heavy (non-hydrogen) atoms. The van der Waals surface area contributed by atoms with E-state index in [2.05, 4.69) is 17.1 Å². The van der Waals surface area contributed by atoms with Crippen LogP contribution in [-0.4, -0.2) is 45.1 Å². The number of nitrogens with zero attached hydrogens (tertiary/aromatic N) is 3. The maximum absolute atomic E-state index is 12.4. The van der Waals surface area contributed by atoms with Gasteiger partial charge < -0.3 is 4.90 Å². The highest BCUT2D eigenvalue weighted by Crippen LogP contribution is 2.31. The molecule has 1 fully saturated rings. The lowest BCUT2D eigenvalue weighted by molar-refractivity contribution is -0.130. The third-order valence-corrected chi connectivity index (χ3v) is 6.31. The molecule has 0 saturated carbocycles. The van der Waals surface area contributed by atoms with Gasteiger partial charge in [-0.05, 0) is 25.5 Å². The average molecular weight is 332 g/mol. The smallest absolute Gasteiger partial charge is 0.235 e. The Hall–Kier alpha value is -0.270. The lowest BCUT2D eigenvalue weighted by Gasteiger charge is -2.23. The van der Waals surface area contributed by atoms with Crippen LogP contribution in [0.25, 0.3) is 0 Å². The van der Waals surface area contributed by atoms with Crippen molar-refractivity contribution in [3.63, 3.8) is 0 Å². The summed E-state index contributed by atoms with van der Waals surface area (Å²) in [6, 6.07) is 0. The monoisotopic (exact) mass is 331 g/mol. The summed E-state index contributed by atoms with van der Waals surface area (Å²) >= 11 is 4.82. The number of rotatable bonds is 5. The van der Waals surface area contributed by atoms with E-state index in [-0.39, 0.29) is 11.2 Å². The van der Waals surface area contributed by atoms with E-state index < -0.39 is 0 Å². The fourth-order valence-electron chi connectivity index (χ4n) is 2.18. The Morgan fingerprint density at radius 2 is 1.90 bits per heavy atom. The summed E-state index contributed by atoms with van der Waals surface area (Å²) < 4.78 is 1.89. The maximum Gasteiger partial charge on any atom is 0.235 e. The Balaban J connectivity index is 1.88. The minimum absolute atomic E-state index is 0.0690. The van der Waals surface area contributed by atoms with Gasteiger partial charge in [0.1, 0.15) is 0 Å². The van der Waals surface area contributed by atoms with Gasteiger partial charge in [0.25, 0.3) is 0 Å². The topological polar surface area (TPSA) is 46.1 Å². The van der Waals surface area contributed by atoms with Crippen molar-refractivity contribution < 1.29 is 4.79 Å². The molecule has 1 aromatic rings. The van der Waals surface area contributed by atoms with Gasteiger partial charge >= 0.3 is 0 Å². The molecule has 2 rings (SSSR count). The van der Waals surface area contributed by atoms with Crippen LogP contribution >= 0.6 is 34.9 Å². The highest BCUT2D eigenvalue weighted by molar-refractivity contribution is 8.03. The molecule has 0 spiro atoms. The molecule has 0 radical (unpaired) electrons. The zero-order chi connectivity index (χ0) is 14.4. The van der Waals surface area contributed by atoms with Crippen LogP contribution in [0.4, 0.5) is 0 Å². The number of carbonyl (C=O) groups is 1. The Morgan fingerprint density at radius 3 is 2.55 bits per heavy atom. The molecule has 1 aliphatic heterocycles. The molecule has 1 aromatic heterocycles. The van der Waals surface area contributed by atoms with Crippen LogP contribution in [0, 0.1) is 0 Å². The summed E-state index contributed by atoms with van der Waals surface area (Å²) in [6.45, 7) is 5.91. The van der Waals surface area contributed by atoms with Gasteiger partial charge in [-0.2, -0.15) is 0 Å². The van der Waals surface area contributed by atoms with Crippen molar-refractivity contribution in [3.8, 4) is 0 Å². The molecular formula is C13H21N3OS3. The number of hydrogen-bond acceptors (Lipinski definition) is 6. The Morgan fingerprint density at radius 1 is 1.25 bits per heavy atom. The summed E-state index contributed by atoms with van der Waals surface area (Å²) in [5, 5.41) is 8.22. The highest BCUT2D eigenvalue weighted by Gasteiger charge is 2.23. The van der Waals surface area contributed by atoms with Gasteiger partial charge in [0.2, 0.25) is 5.91 Å². The number of amides is 1.